The standard InChI is InChI=1S/C36H42N4O10/c1-21-25(19-49-31-13-11-23(33(39-31)47-3)15-37-29(17-41)35(43)44)7-5-9-27(21)28-10-6-8-26(22(28)2)20-50-32-14-12-24(34(40-32)48-4)16-38-30(18-42)36(45)46/h5-14,29-30,37-38,41-42H,15-20H2,1-4H3,(H,43,44)(H,45,46). The van der Waals surface area contributed by atoms with Crippen LogP contribution in [0.1, 0.15) is 33.4 Å². The number of nitrogens with one attached hydrogen (secondary N) is 2. The first-order valence-electron chi connectivity index (χ1n) is 15.7. The van der Waals surface area contributed by atoms with Gasteiger partial charge in [0.05, 0.1) is 27.4 Å². The summed E-state index contributed by atoms with van der Waals surface area (Å²) < 4.78 is 22.9. The van der Waals surface area contributed by atoms with E-state index in [4.69, 9.17) is 29.2 Å². The van der Waals surface area contributed by atoms with E-state index in [-0.39, 0.29) is 38.1 Å². The van der Waals surface area contributed by atoms with Crippen LogP contribution < -0.4 is 29.6 Å². The Morgan fingerprint density at radius 1 is 0.640 bits per heavy atom. The molecule has 0 aliphatic heterocycles. The molecular weight excluding hydrogens is 648 g/mol. The van der Waals surface area contributed by atoms with Crippen LogP contribution in [-0.4, -0.2) is 81.8 Å². The molecule has 0 bridgehead atoms. The molecule has 0 aliphatic carbocycles. The molecule has 0 saturated carbocycles. The lowest BCUT2D eigenvalue weighted by molar-refractivity contribution is -0.141. The minimum Gasteiger partial charge on any atom is -0.481 e. The highest BCUT2D eigenvalue weighted by atomic mass is 16.5. The number of nitrogens with zero attached hydrogens (tertiary/aromatic N) is 2. The van der Waals surface area contributed by atoms with Gasteiger partial charge in [0.25, 0.3) is 0 Å². The number of methoxy groups -OCH3 is 2. The summed E-state index contributed by atoms with van der Waals surface area (Å²) in [7, 11) is 2.93. The smallest absolute Gasteiger partial charge is 0.323 e. The van der Waals surface area contributed by atoms with E-state index in [1.807, 2.05) is 38.1 Å². The van der Waals surface area contributed by atoms with Gasteiger partial charge in [0.1, 0.15) is 25.3 Å². The molecular formula is C36H42N4O10. The Kier molecular flexibility index (Phi) is 13.5. The number of pyridine rings is 2. The lowest BCUT2D eigenvalue weighted by Crippen LogP contribution is -2.39. The van der Waals surface area contributed by atoms with Crippen LogP contribution in [0.5, 0.6) is 23.5 Å². The first kappa shape index (κ1) is 37.5. The maximum Gasteiger partial charge on any atom is 0.323 e. The molecule has 2 aromatic carbocycles. The van der Waals surface area contributed by atoms with Crippen molar-refractivity contribution < 1.29 is 49.0 Å². The van der Waals surface area contributed by atoms with Gasteiger partial charge < -0.3 is 39.4 Å². The Morgan fingerprint density at radius 3 is 1.38 bits per heavy atom. The van der Waals surface area contributed by atoms with Gasteiger partial charge in [-0.25, -0.2) is 0 Å². The SMILES string of the molecule is COc1nc(OCc2cccc(-c3cccc(COc4ccc(CNC(CO)C(=O)O)c(OC)n4)c3C)c2C)ccc1CNC(CO)C(=O)O. The van der Waals surface area contributed by atoms with E-state index in [9.17, 15) is 19.8 Å². The Labute approximate surface area is 289 Å². The fourth-order valence-electron chi connectivity index (χ4n) is 5.18. The third-order valence-electron chi connectivity index (χ3n) is 8.19. The van der Waals surface area contributed by atoms with Crippen LogP contribution in [0.2, 0.25) is 0 Å². The Morgan fingerprint density at radius 2 is 1.04 bits per heavy atom. The number of carboxylic acids is 2. The Balaban J connectivity index is 1.44. The number of ether oxygens (including phenoxy) is 4. The number of carbonyl (C=O) groups is 2. The van der Waals surface area contributed by atoms with Crippen molar-refractivity contribution >= 4 is 11.9 Å². The molecule has 14 heteroatoms. The second kappa shape index (κ2) is 17.9. The molecule has 2 unspecified atom stereocenters. The molecule has 0 radical (unpaired) electrons. The molecule has 0 aliphatic rings. The number of aliphatic hydroxyl groups excluding tert-OH is 2. The van der Waals surface area contributed by atoms with E-state index in [0.717, 1.165) is 33.4 Å². The number of benzene rings is 2. The summed E-state index contributed by atoms with van der Waals surface area (Å²) in [6.07, 6.45) is 0. The second-order valence-corrected chi connectivity index (χ2v) is 11.3. The van der Waals surface area contributed by atoms with Crippen LogP contribution in [-0.2, 0) is 35.9 Å². The van der Waals surface area contributed by atoms with Crippen LogP contribution in [0.15, 0.2) is 60.7 Å². The highest BCUT2D eigenvalue weighted by molar-refractivity contribution is 5.74. The zero-order valence-electron chi connectivity index (χ0n) is 28.3. The van der Waals surface area contributed by atoms with E-state index in [1.54, 1.807) is 24.3 Å². The van der Waals surface area contributed by atoms with Crippen molar-refractivity contribution in [1.29, 1.82) is 0 Å². The van der Waals surface area contributed by atoms with Gasteiger partial charge >= 0.3 is 11.9 Å². The van der Waals surface area contributed by atoms with Crippen molar-refractivity contribution in [3.05, 3.63) is 94.0 Å². The molecule has 0 spiro atoms. The maximum absolute atomic E-state index is 11.2. The molecule has 266 valence electrons. The van der Waals surface area contributed by atoms with Crippen molar-refractivity contribution in [3.8, 4) is 34.6 Å². The molecule has 4 aromatic rings. The largest absolute Gasteiger partial charge is 0.481 e. The van der Waals surface area contributed by atoms with Gasteiger partial charge in [-0.05, 0) is 59.4 Å². The van der Waals surface area contributed by atoms with E-state index in [0.29, 0.717) is 22.9 Å². The molecule has 2 aromatic heterocycles. The number of rotatable bonds is 19. The van der Waals surface area contributed by atoms with Gasteiger partial charge in [-0.15, -0.1) is 0 Å². The summed E-state index contributed by atoms with van der Waals surface area (Å²) in [5, 5.41) is 42.4. The third kappa shape index (κ3) is 9.45. The third-order valence-corrected chi connectivity index (χ3v) is 8.19. The quantitative estimate of drug-likeness (QED) is 0.0838. The van der Waals surface area contributed by atoms with Crippen molar-refractivity contribution in [2.75, 3.05) is 27.4 Å². The summed E-state index contributed by atoms with van der Waals surface area (Å²) in [6.45, 7) is 3.74. The normalized spacial score (nSPS) is 12.2. The van der Waals surface area contributed by atoms with E-state index < -0.39 is 37.2 Å². The molecule has 2 heterocycles. The summed E-state index contributed by atoms with van der Waals surface area (Å²) in [4.78, 5) is 31.3. The zero-order valence-corrected chi connectivity index (χ0v) is 28.3. The monoisotopic (exact) mass is 690 g/mol. The highest BCUT2D eigenvalue weighted by Gasteiger charge is 2.19. The number of aromatic nitrogens is 2. The van der Waals surface area contributed by atoms with Gasteiger partial charge in [0.15, 0.2) is 0 Å². The molecule has 0 amide bonds. The van der Waals surface area contributed by atoms with E-state index in [1.165, 1.54) is 14.2 Å². The number of aliphatic carboxylic acids is 2. The van der Waals surface area contributed by atoms with Crippen LogP contribution in [0.25, 0.3) is 11.1 Å². The molecule has 4 rings (SSSR count). The number of carboxylic acid groups (broad SMARTS) is 2. The topological polar surface area (TPSA) is 202 Å². The summed E-state index contributed by atoms with van der Waals surface area (Å²) in [5.41, 5.74) is 7.29. The Bertz CT molecular complexity index is 1660. The molecule has 50 heavy (non-hydrogen) atoms. The predicted molar refractivity (Wildman–Crippen MR) is 182 cm³/mol. The molecule has 6 N–H and O–H groups in total. The van der Waals surface area contributed by atoms with Gasteiger partial charge in [-0.2, -0.15) is 9.97 Å². The lowest BCUT2D eigenvalue weighted by atomic mass is 9.92. The van der Waals surface area contributed by atoms with Gasteiger partial charge in [-0.3, -0.25) is 20.2 Å². The van der Waals surface area contributed by atoms with Crippen molar-refractivity contribution in [2.24, 2.45) is 0 Å². The minimum absolute atomic E-state index is 0.135. The van der Waals surface area contributed by atoms with Crippen molar-refractivity contribution in [2.45, 2.75) is 52.2 Å². The summed E-state index contributed by atoms with van der Waals surface area (Å²) in [5.74, 6) is -1.06. The summed E-state index contributed by atoms with van der Waals surface area (Å²) >= 11 is 0. The Hall–Kier alpha value is -5.28. The van der Waals surface area contributed by atoms with E-state index in [2.05, 4.69) is 32.7 Å². The fraction of sp³-hybridized carbons (Fsp3) is 0.333. The highest BCUT2D eigenvalue weighted by Crippen LogP contribution is 2.31. The fourth-order valence-corrected chi connectivity index (χ4v) is 5.18. The van der Waals surface area contributed by atoms with Gasteiger partial charge in [0, 0.05) is 36.3 Å². The van der Waals surface area contributed by atoms with Crippen LogP contribution in [0.4, 0.5) is 0 Å². The maximum atomic E-state index is 11.2. The first-order chi connectivity index (χ1) is 24.1. The molecule has 14 nitrogen and oxygen atoms in total. The van der Waals surface area contributed by atoms with E-state index >= 15 is 0 Å². The number of aliphatic hydroxyl groups is 2. The minimum atomic E-state index is -1.16. The average Bonchev–Trinajstić information content (AvgIpc) is 3.11. The summed E-state index contributed by atoms with van der Waals surface area (Å²) in [6, 6.07) is 16.6. The molecule has 2 atom stereocenters. The predicted octanol–water partition coefficient (Wildman–Crippen LogP) is 3.01. The number of hydrogen-bond donors (Lipinski definition) is 6. The molecule has 0 saturated heterocycles. The van der Waals surface area contributed by atoms with Crippen molar-refractivity contribution in [3.63, 3.8) is 0 Å². The van der Waals surface area contributed by atoms with Crippen LogP contribution >= 0.6 is 0 Å². The van der Waals surface area contributed by atoms with Gasteiger partial charge in [0.2, 0.25) is 23.5 Å². The first-order valence-corrected chi connectivity index (χ1v) is 15.7. The second-order valence-electron chi connectivity index (χ2n) is 11.3. The number of hydrogen-bond acceptors (Lipinski definition) is 12. The van der Waals surface area contributed by atoms with Crippen molar-refractivity contribution in [1.82, 2.24) is 20.6 Å². The molecule has 0 fully saturated rings. The van der Waals surface area contributed by atoms with Crippen LogP contribution in [0.3, 0.4) is 0 Å². The lowest BCUT2D eigenvalue weighted by Gasteiger charge is -2.17. The van der Waals surface area contributed by atoms with Gasteiger partial charge in [-0.1, -0.05) is 36.4 Å². The van der Waals surface area contributed by atoms with Crippen LogP contribution in [0, 0.1) is 13.8 Å². The zero-order chi connectivity index (χ0) is 36.2. The average molecular weight is 691 g/mol.